The van der Waals surface area contributed by atoms with E-state index in [-0.39, 0.29) is 24.1 Å². The van der Waals surface area contributed by atoms with Crippen LogP contribution >= 0.6 is 0 Å². The third-order valence-electron chi connectivity index (χ3n) is 3.15. The highest BCUT2D eigenvalue weighted by Gasteiger charge is 2.38. The molecule has 0 aliphatic carbocycles. The standard InChI is InChI=1S/C12H14N2O3.C2H7N.C2H6/c1-3-8-7(2)6-14(12(8)17)9-4-5-10(15)13-11(9)16;1-2-3;1-2/h3,9H,1,4-6H2,2H3,(H,13,15,16);2-3H2,1H3;1-2H3. The molecule has 3 amide bonds. The molecule has 2 rings (SSSR count). The molecule has 0 aromatic heterocycles. The molecule has 3 N–H and O–H groups in total. The number of piperidine rings is 1. The van der Waals surface area contributed by atoms with Crippen molar-refractivity contribution in [2.45, 2.75) is 46.6 Å². The van der Waals surface area contributed by atoms with Crippen molar-refractivity contribution in [1.29, 1.82) is 0 Å². The molecule has 6 heteroatoms. The Morgan fingerprint density at radius 2 is 1.91 bits per heavy atom. The highest BCUT2D eigenvalue weighted by Crippen LogP contribution is 2.24. The van der Waals surface area contributed by atoms with Crippen molar-refractivity contribution in [2.75, 3.05) is 13.1 Å². The van der Waals surface area contributed by atoms with Crippen molar-refractivity contribution in [3.63, 3.8) is 0 Å². The Bertz CT molecular complexity index is 469. The molecule has 2 aliphatic rings. The molecule has 22 heavy (non-hydrogen) atoms. The molecule has 1 fully saturated rings. The molecule has 0 radical (unpaired) electrons. The predicted molar refractivity (Wildman–Crippen MR) is 86.9 cm³/mol. The lowest BCUT2D eigenvalue weighted by Crippen LogP contribution is -2.53. The number of carbonyl (C=O) groups is 3. The number of nitrogens with one attached hydrogen (secondary N) is 1. The van der Waals surface area contributed by atoms with Gasteiger partial charge in [-0.25, -0.2) is 0 Å². The first kappa shape index (κ1) is 20.1. The van der Waals surface area contributed by atoms with E-state index in [9.17, 15) is 14.4 Å². The number of imide groups is 1. The van der Waals surface area contributed by atoms with E-state index in [0.29, 0.717) is 18.5 Å². The van der Waals surface area contributed by atoms with E-state index < -0.39 is 6.04 Å². The monoisotopic (exact) mass is 309 g/mol. The van der Waals surface area contributed by atoms with E-state index in [1.165, 1.54) is 11.0 Å². The van der Waals surface area contributed by atoms with Crippen LogP contribution in [0.25, 0.3) is 0 Å². The van der Waals surface area contributed by atoms with Gasteiger partial charge in [0.1, 0.15) is 6.04 Å². The summed E-state index contributed by atoms with van der Waals surface area (Å²) in [5.41, 5.74) is 6.32. The molecular weight excluding hydrogens is 282 g/mol. The molecule has 2 aliphatic heterocycles. The average molecular weight is 309 g/mol. The minimum atomic E-state index is -0.535. The minimum Gasteiger partial charge on any atom is -0.331 e. The van der Waals surface area contributed by atoms with Crippen LogP contribution in [-0.4, -0.2) is 41.8 Å². The molecule has 0 aromatic rings. The predicted octanol–water partition coefficient (Wildman–Crippen LogP) is 1.13. The number of nitrogens with two attached hydrogens (primary N) is 1. The van der Waals surface area contributed by atoms with Gasteiger partial charge in [-0.3, -0.25) is 19.7 Å². The van der Waals surface area contributed by atoms with Crippen LogP contribution in [0.15, 0.2) is 23.8 Å². The van der Waals surface area contributed by atoms with Gasteiger partial charge in [0.2, 0.25) is 11.8 Å². The Labute approximate surface area is 132 Å². The van der Waals surface area contributed by atoms with Gasteiger partial charge in [-0.2, -0.15) is 0 Å². The Hall–Kier alpha value is -1.95. The number of hydrogen-bond acceptors (Lipinski definition) is 4. The van der Waals surface area contributed by atoms with Crippen molar-refractivity contribution >= 4 is 17.7 Å². The molecule has 0 bridgehead atoms. The van der Waals surface area contributed by atoms with E-state index in [4.69, 9.17) is 5.73 Å². The third-order valence-corrected chi connectivity index (χ3v) is 3.15. The molecule has 0 aromatic carbocycles. The van der Waals surface area contributed by atoms with Gasteiger partial charge in [0.05, 0.1) is 0 Å². The molecule has 1 atom stereocenters. The summed E-state index contributed by atoms with van der Waals surface area (Å²) in [7, 11) is 0. The summed E-state index contributed by atoms with van der Waals surface area (Å²) in [6.45, 7) is 12.5. The van der Waals surface area contributed by atoms with E-state index in [2.05, 4.69) is 11.9 Å². The van der Waals surface area contributed by atoms with Crippen molar-refractivity contribution < 1.29 is 14.4 Å². The van der Waals surface area contributed by atoms with Crippen molar-refractivity contribution in [2.24, 2.45) is 5.73 Å². The van der Waals surface area contributed by atoms with Crippen molar-refractivity contribution in [3.8, 4) is 0 Å². The molecule has 2 heterocycles. The van der Waals surface area contributed by atoms with Crippen LogP contribution < -0.4 is 11.1 Å². The number of nitrogens with zero attached hydrogens (tertiary/aromatic N) is 1. The molecule has 1 saturated heterocycles. The third kappa shape index (κ3) is 4.80. The highest BCUT2D eigenvalue weighted by molar-refractivity contribution is 6.05. The lowest BCUT2D eigenvalue weighted by molar-refractivity contribution is -0.142. The first-order chi connectivity index (χ1) is 10.5. The Morgan fingerprint density at radius 1 is 1.36 bits per heavy atom. The van der Waals surface area contributed by atoms with Gasteiger partial charge in [0, 0.05) is 18.5 Å². The van der Waals surface area contributed by atoms with Crippen LogP contribution in [0.4, 0.5) is 0 Å². The maximum atomic E-state index is 12.0. The van der Waals surface area contributed by atoms with Crippen LogP contribution in [0, 0.1) is 0 Å². The summed E-state index contributed by atoms with van der Waals surface area (Å²) < 4.78 is 0. The summed E-state index contributed by atoms with van der Waals surface area (Å²) in [6.07, 6.45) is 2.19. The molecule has 1 unspecified atom stereocenters. The summed E-state index contributed by atoms with van der Waals surface area (Å²) in [6, 6.07) is -0.535. The van der Waals surface area contributed by atoms with Gasteiger partial charge in [-0.1, -0.05) is 33.4 Å². The fourth-order valence-corrected chi connectivity index (χ4v) is 2.24. The molecule has 0 spiro atoms. The lowest BCUT2D eigenvalue weighted by atomic mass is 10.0. The van der Waals surface area contributed by atoms with Crippen molar-refractivity contribution in [3.05, 3.63) is 23.8 Å². The van der Waals surface area contributed by atoms with Gasteiger partial charge in [-0.15, -0.1) is 0 Å². The molecule has 124 valence electrons. The molecule has 0 saturated carbocycles. The van der Waals surface area contributed by atoms with E-state index >= 15 is 0 Å². The fraction of sp³-hybridized carbons (Fsp3) is 0.562. The van der Waals surface area contributed by atoms with Gasteiger partial charge in [0.25, 0.3) is 5.91 Å². The zero-order chi connectivity index (χ0) is 17.3. The maximum absolute atomic E-state index is 12.0. The number of rotatable bonds is 2. The Kier molecular flexibility index (Phi) is 9.01. The van der Waals surface area contributed by atoms with Gasteiger partial charge in [-0.05, 0) is 25.5 Å². The quantitative estimate of drug-likeness (QED) is 0.748. The summed E-state index contributed by atoms with van der Waals surface area (Å²) in [5.74, 6) is -0.828. The maximum Gasteiger partial charge on any atom is 0.254 e. The molecular formula is C16H27N3O3. The minimum absolute atomic E-state index is 0.174. The second-order valence-corrected chi connectivity index (χ2v) is 4.71. The van der Waals surface area contributed by atoms with Crippen molar-refractivity contribution in [1.82, 2.24) is 10.2 Å². The largest absolute Gasteiger partial charge is 0.331 e. The summed E-state index contributed by atoms with van der Waals surface area (Å²) in [5, 5.41) is 2.26. The van der Waals surface area contributed by atoms with E-state index in [1.54, 1.807) is 0 Å². The number of hydrogen-bond donors (Lipinski definition) is 2. The highest BCUT2D eigenvalue weighted by atomic mass is 16.2. The van der Waals surface area contributed by atoms with Gasteiger partial charge in [0.15, 0.2) is 0 Å². The first-order valence-electron chi connectivity index (χ1n) is 7.63. The summed E-state index contributed by atoms with van der Waals surface area (Å²) in [4.78, 5) is 36.2. The first-order valence-corrected chi connectivity index (χ1v) is 7.63. The lowest BCUT2D eigenvalue weighted by Gasteiger charge is -2.29. The Morgan fingerprint density at radius 3 is 2.32 bits per heavy atom. The fourth-order valence-electron chi connectivity index (χ4n) is 2.24. The van der Waals surface area contributed by atoms with E-state index in [0.717, 1.165) is 12.1 Å². The van der Waals surface area contributed by atoms with Crippen LogP contribution in [-0.2, 0) is 14.4 Å². The number of amides is 3. The Balaban J connectivity index is 0.000000789. The SMILES string of the molecule is C=CC1=C(C)CN(C2CCC(=O)NC2=O)C1=O.CC.CCN. The second kappa shape index (κ2) is 9.89. The molecule has 6 nitrogen and oxygen atoms in total. The van der Waals surface area contributed by atoms with Crippen LogP contribution in [0.1, 0.15) is 40.5 Å². The smallest absolute Gasteiger partial charge is 0.254 e. The zero-order valence-corrected chi connectivity index (χ0v) is 13.9. The van der Waals surface area contributed by atoms with E-state index in [1.807, 2.05) is 27.7 Å². The average Bonchev–Trinajstić information content (AvgIpc) is 2.76. The second-order valence-electron chi connectivity index (χ2n) is 4.71. The zero-order valence-electron chi connectivity index (χ0n) is 13.9. The van der Waals surface area contributed by atoms with Crippen LogP contribution in [0.5, 0.6) is 0 Å². The normalized spacial score (nSPS) is 20.7. The van der Waals surface area contributed by atoms with Crippen LogP contribution in [0.3, 0.4) is 0 Å². The number of carbonyl (C=O) groups excluding carboxylic acids is 3. The topological polar surface area (TPSA) is 92.5 Å². The van der Waals surface area contributed by atoms with Crippen LogP contribution in [0.2, 0.25) is 0 Å². The van der Waals surface area contributed by atoms with Gasteiger partial charge >= 0.3 is 0 Å². The van der Waals surface area contributed by atoms with Gasteiger partial charge < -0.3 is 10.6 Å². The summed E-state index contributed by atoms with van der Waals surface area (Å²) >= 11 is 0.